The molecule has 1 aliphatic heterocycles. The van der Waals surface area contributed by atoms with Gasteiger partial charge in [0.15, 0.2) is 0 Å². The minimum Gasteiger partial charge on any atom is -0.353 e. The molecule has 2 fully saturated rings. The van der Waals surface area contributed by atoms with Crippen LogP contribution >= 0.6 is 0 Å². The maximum absolute atomic E-state index is 12.7. The molecule has 19 heavy (non-hydrogen) atoms. The van der Waals surface area contributed by atoms with Crippen LogP contribution in [0.3, 0.4) is 0 Å². The topological polar surface area (TPSA) is 67.1 Å². The first-order valence-electron chi connectivity index (χ1n) is 6.17. The molecule has 0 aromatic carbocycles. The van der Waals surface area contributed by atoms with E-state index >= 15 is 0 Å². The quantitative estimate of drug-likeness (QED) is 0.635. The van der Waals surface area contributed by atoms with Crippen molar-refractivity contribution in [3.8, 4) is 0 Å². The van der Waals surface area contributed by atoms with Crippen molar-refractivity contribution in [3.05, 3.63) is 11.9 Å². The Morgan fingerprint density at radius 2 is 2.11 bits per heavy atom. The van der Waals surface area contributed by atoms with E-state index in [1.165, 1.54) is 6.07 Å². The number of hydrogen-bond donors (Lipinski definition) is 2. The average molecular weight is 273 g/mol. The number of hydrogen-bond acceptors (Lipinski definition) is 5. The predicted molar refractivity (Wildman–Crippen MR) is 63.3 cm³/mol. The number of piperidine rings is 1. The van der Waals surface area contributed by atoms with Gasteiger partial charge < -0.3 is 10.3 Å². The van der Waals surface area contributed by atoms with Crippen molar-refractivity contribution < 1.29 is 13.2 Å². The van der Waals surface area contributed by atoms with Crippen molar-refractivity contribution in [1.29, 1.82) is 0 Å². The largest absolute Gasteiger partial charge is 0.451 e. The molecule has 1 aromatic heterocycles. The van der Waals surface area contributed by atoms with Gasteiger partial charge in [0.05, 0.1) is 0 Å². The van der Waals surface area contributed by atoms with E-state index in [0.29, 0.717) is 17.8 Å². The lowest BCUT2D eigenvalue weighted by molar-refractivity contribution is -0.144. The summed E-state index contributed by atoms with van der Waals surface area (Å²) in [6, 6.07) is 1.77. The molecular weight excluding hydrogens is 259 g/mol. The summed E-state index contributed by atoms with van der Waals surface area (Å²) < 4.78 is 38.2. The minimum absolute atomic E-state index is 0.0138. The molecule has 2 bridgehead atoms. The molecule has 104 valence electrons. The maximum Gasteiger partial charge on any atom is 0.451 e. The Morgan fingerprint density at radius 1 is 1.32 bits per heavy atom. The van der Waals surface area contributed by atoms with Crippen LogP contribution in [-0.2, 0) is 6.18 Å². The van der Waals surface area contributed by atoms with Crippen LogP contribution in [0.15, 0.2) is 6.07 Å². The summed E-state index contributed by atoms with van der Waals surface area (Å²) in [5.74, 6) is 4.89. The third-order valence-electron chi connectivity index (χ3n) is 3.82. The van der Waals surface area contributed by atoms with Crippen LogP contribution in [0, 0.1) is 5.92 Å². The smallest absolute Gasteiger partial charge is 0.353 e. The average Bonchev–Trinajstić information content (AvgIpc) is 2.99. The zero-order valence-electron chi connectivity index (χ0n) is 10.1. The van der Waals surface area contributed by atoms with Gasteiger partial charge in [0.2, 0.25) is 5.82 Å². The number of fused-ring (bicyclic) bond motifs is 2. The summed E-state index contributed by atoms with van der Waals surface area (Å²) in [7, 11) is 0. The highest BCUT2D eigenvalue weighted by molar-refractivity contribution is 5.51. The monoisotopic (exact) mass is 273 g/mol. The molecule has 2 unspecified atom stereocenters. The second-order valence-electron chi connectivity index (χ2n) is 5.06. The summed E-state index contributed by atoms with van der Waals surface area (Å²) in [5.41, 5.74) is 2.17. The van der Waals surface area contributed by atoms with E-state index in [9.17, 15) is 13.2 Å². The maximum atomic E-state index is 12.7. The Labute approximate surface area is 108 Å². The molecular formula is C11H14F3N5. The fourth-order valence-corrected chi connectivity index (χ4v) is 2.99. The molecule has 0 amide bonds. The van der Waals surface area contributed by atoms with Gasteiger partial charge in [-0.05, 0) is 25.2 Å². The van der Waals surface area contributed by atoms with Gasteiger partial charge >= 0.3 is 6.18 Å². The second-order valence-corrected chi connectivity index (χ2v) is 5.06. The van der Waals surface area contributed by atoms with E-state index in [2.05, 4.69) is 15.4 Å². The molecule has 1 aliphatic carbocycles. The van der Waals surface area contributed by atoms with E-state index < -0.39 is 12.0 Å². The summed E-state index contributed by atoms with van der Waals surface area (Å²) >= 11 is 0. The first-order chi connectivity index (χ1) is 8.97. The molecule has 1 saturated carbocycles. The van der Waals surface area contributed by atoms with Gasteiger partial charge in [-0.15, -0.1) is 0 Å². The lowest BCUT2D eigenvalue weighted by atomic mass is 10.1. The molecule has 0 radical (unpaired) electrons. The highest BCUT2D eigenvalue weighted by Crippen LogP contribution is 2.40. The van der Waals surface area contributed by atoms with E-state index in [1.54, 1.807) is 0 Å². The van der Waals surface area contributed by atoms with Crippen LogP contribution in [0.1, 0.15) is 25.1 Å². The third-order valence-corrected chi connectivity index (χ3v) is 3.82. The number of aromatic nitrogens is 2. The normalized spacial score (nSPS) is 26.0. The first-order valence-corrected chi connectivity index (χ1v) is 6.17. The molecule has 0 spiro atoms. The predicted octanol–water partition coefficient (Wildman–Crippen LogP) is 1.77. The van der Waals surface area contributed by atoms with E-state index in [4.69, 9.17) is 5.84 Å². The Bertz CT molecular complexity index is 490. The van der Waals surface area contributed by atoms with Crippen molar-refractivity contribution in [3.63, 3.8) is 0 Å². The van der Waals surface area contributed by atoms with Gasteiger partial charge in [0.25, 0.3) is 0 Å². The summed E-state index contributed by atoms with van der Waals surface area (Å²) in [6.07, 6.45) is -1.36. The second kappa shape index (κ2) is 4.22. The Balaban J connectivity index is 1.97. The van der Waals surface area contributed by atoms with E-state index in [1.807, 2.05) is 4.90 Å². The molecule has 5 nitrogen and oxygen atoms in total. The SMILES string of the molecule is NNc1cc(N2CC3CCC2C3)nc(C(F)(F)F)n1. The van der Waals surface area contributed by atoms with E-state index in [0.717, 1.165) is 25.8 Å². The molecule has 8 heteroatoms. The fourth-order valence-electron chi connectivity index (χ4n) is 2.99. The molecule has 2 aliphatic rings. The Hall–Kier alpha value is -1.57. The lowest BCUT2D eigenvalue weighted by Gasteiger charge is -2.28. The molecule has 2 atom stereocenters. The summed E-state index contributed by atoms with van der Waals surface area (Å²) in [6.45, 7) is 0.767. The molecule has 3 rings (SSSR count). The standard InChI is InChI=1S/C11H14F3N5/c12-11(13,14)10-16-8(18-15)4-9(17-10)19-5-6-1-2-7(19)3-6/h4,6-7H,1-3,5,15H2,(H,16,17,18). The van der Waals surface area contributed by atoms with Gasteiger partial charge in [0.1, 0.15) is 11.6 Å². The number of nitrogens with zero attached hydrogens (tertiary/aromatic N) is 3. The summed E-state index contributed by atoms with van der Waals surface area (Å²) in [5, 5.41) is 0. The van der Waals surface area contributed by atoms with E-state index in [-0.39, 0.29) is 5.82 Å². The number of nitrogens with one attached hydrogen (secondary N) is 1. The van der Waals surface area contributed by atoms with Crippen molar-refractivity contribution in [1.82, 2.24) is 9.97 Å². The van der Waals surface area contributed by atoms with Crippen molar-refractivity contribution in [2.24, 2.45) is 11.8 Å². The number of nitrogens with two attached hydrogens (primary N) is 1. The van der Waals surface area contributed by atoms with Gasteiger partial charge in [0, 0.05) is 18.7 Å². The van der Waals surface area contributed by atoms with Gasteiger partial charge in [-0.2, -0.15) is 13.2 Å². The highest BCUT2D eigenvalue weighted by atomic mass is 19.4. The number of alkyl halides is 3. The Morgan fingerprint density at radius 3 is 2.63 bits per heavy atom. The highest BCUT2D eigenvalue weighted by Gasteiger charge is 2.40. The van der Waals surface area contributed by atoms with Crippen molar-refractivity contribution in [2.45, 2.75) is 31.5 Å². The fraction of sp³-hybridized carbons (Fsp3) is 0.636. The minimum atomic E-state index is -4.57. The van der Waals surface area contributed by atoms with Crippen LogP contribution in [0.5, 0.6) is 0 Å². The lowest BCUT2D eigenvalue weighted by Crippen LogP contribution is -2.33. The van der Waals surface area contributed by atoms with Gasteiger partial charge in [-0.1, -0.05) is 0 Å². The van der Waals surface area contributed by atoms with Crippen molar-refractivity contribution >= 4 is 11.6 Å². The van der Waals surface area contributed by atoms with Crippen molar-refractivity contribution in [2.75, 3.05) is 16.9 Å². The zero-order chi connectivity index (χ0) is 13.6. The van der Waals surface area contributed by atoms with Crippen LogP contribution < -0.4 is 16.2 Å². The van der Waals surface area contributed by atoms with Gasteiger partial charge in [-0.3, -0.25) is 0 Å². The Kier molecular flexibility index (Phi) is 2.77. The van der Waals surface area contributed by atoms with Gasteiger partial charge in [-0.25, -0.2) is 15.8 Å². The molecule has 1 aromatic rings. The molecule has 2 heterocycles. The third kappa shape index (κ3) is 2.20. The molecule has 1 saturated heterocycles. The van der Waals surface area contributed by atoms with Crippen LogP contribution in [-0.4, -0.2) is 22.6 Å². The number of rotatable bonds is 2. The van der Waals surface area contributed by atoms with Crippen LogP contribution in [0.4, 0.5) is 24.8 Å². The summed E-state index contributed by atoms with van der Waals surface area (Å²) in [4.78, 5) is 8.94. The number of anilines is 2. The number of nitrogen functional groups attached to an aromatic ring is 1. The van der Waals surface area contributed by atoms with Crippen LogP contribution in [0.25, 0.3) is 0 Å². The zero-order valence-corrected chi connectivity index (χ0v) is 10.1. The molecule has 3 N–H and O–H groups in total. The number of hydrazine groups is 1. The number of halogens is 3. The first kappa shape index (κ1) is 12.5. The van der Waals surface area contributed by atoms with Crippen LogP contribution in [0.2, 0.25) is 0 Å².